The quantitative estimate of drug-likeness (QED) is 0.435. The number of nitrogens with zero attached hydrogens (tertiary/aromatic N) is 3. The van der Waals surface area contributed by atoms with Crippen molar-refractivity contribution in [2.45, 2.75) is 30.9 Å². The molecule has 0 radical (unpaired) electrons. The number of aromatic nitrogens is 2. The summed E-state index contributed by atoms with van der Waals surface area (Å²) >= 11 is 2.06. The molecule has 2 fully saturated rings. The molecule has 2 aromatic carbocycles. The molecule has 3 aromatic rings. The second kappa shape index (κ2) is 8.27. The van der Waals surface area contributed by atoms with Crippen molar-refractivity contribution in [3.05, 3.63) is 51.6 Å². The highest BCUT2D eigenvalue weighted by Crippen LogP contribution is 2.34. The Morgan fingerprint density at radius 1 is 1.28 bits per heavy atom. The standard InChI is InChI=1S/C23H25FIN5O2/c1-29-13-27-19-10-18(28-17-6-5-14(25)8-16(17)24)15(9-20(19)29)22(31)30-11-23(32,12-30)21-4-2-3-7-26-21/h5-6,8-10,13,21,26,28,32H,2-4,7,11-12H2,1H3. The van der Waals surface area contributed by atoms with Crippen molar-refractivity contribution in [2.24, 2.45) is 7.05 Å². The van der Waals surface area contributed by atoms with Crippen LogP contribution in [-0.4, -0.2) is 56.7 Å². The Morgan fingerprint density at radius 3 is 2.81 bits per heavy atom. The van der Waals surface area contributed by atoms with Gasteiger partial charge in [-0.25, -0.2) is 9.37 Å². The van der Waals surface area contributed by atoms with E-state index in [1.807, 2.05) is 11.6 Å². The van der Waals surface area contributed by atoms with Crippen molar-refractivity contribution in [2.75, 3.05) is 25.0 Å². The highest BCUT2D eigenvalue weighted by atomic mass is 127. The van der Waals surface area contributed by atoms with E-state index in [2.05, 4.69) is 38.2 Å². The Labute approximate surface area is 199 Å². The minimum Gasteiger partial charge on any atom is -0.385 e. The summed E-state index contributed by atoms with van der Waals surface area (Å²) in [6.07, 6.45) is 4.80. The first kappa shape index (κ1) is 21.6. The Hall–Kier alpha value is -2.24. The summed E-state index contributed by atoms with van der Waals surface area (Å²) in [7, 11) is 1.87. The summed E-state index contributed by atoms with van der Waals surface area (Å²) in [5, 5.41) is 17.5. The van der Waals surface area contributed by atoms with Crippen LogP contribution in [0.25, 0.3) is 11.0 Å². The van der Waals surface area contributed by atoms with Crippen LogP contribution in [0.3, 0.4) is 0 Å². The van der Waals surface area contributed by atoms with Crippen molar-refractivity contribution in [1.29, 1.82) is 0 Å². The summed E-state index contributed by atoms with van der Waals surface area (Å²) in [4.78, 5) is 19.5. The van der Waals surface area contributed by atoms with Gasteiger partial charge in [-0.05, 0) is 72.3 Å². The lowest BCUT2D eigenvalue weighted by Gasteiger charge is -2.51. The molecule has 0 aliphatic carbocycles. The van der Waals surface area contributed by atoms with Gasteiger partial charge in [-0.15, -0.1) is 0 Å². The van der Waals surface area contributed by atoms with Gasteiger partial charge in [0.1, 0.15) is 11.4 Å². The fourth-order valence-electron chi connectivity index (χ4n) is 4.65. The Kier molecular flexibility index (Phi) is 5.58. The number of nitrogens with one attached hydrogen (secondary N) is 2. The van der Waals surface area contributed by atoms with E-state index in [0.717, 1.165) is 34.9 Å². The number of imidazole rings is 1. The number of rotatable bonds is 4. The molecule has 2 aliphatic rings. The number of carbonyl (C=O) groups is 1. The van der Waals surface area contributed by atoms with Crippen LogP contribution in [0.5, 0.6) is 0 Å². The third kappa shape index (κ3) is 3.86. The van der Waals surface area contributed by atoms with Gasteiger partial charge >= 0.3 is 0 Å². The molecular formula is C23H25FIN5O2. The third-order valence-corrected chi connectivity index (χ3v) is 7.14. The largest absolute Gasteiger partial charge is 0.385 e. The fraction of sp³-hybridized carbons (Fsp3) is 0.391. The number of fused-ring (bicyclic) bond motifs is 1. The predicted octanol–water partition coefficient (Wildman–Crippen LogP) is 3.39. The summed E-state index contributed by atoms with van der Waals surface area (Å²) < 4.78 is 17.1. The lowest BCUT2D eigenvalue weighted by Crippen LogP contribution is -2.72. The Bertz CT molecular complexity index is 1180. The van der Waals surface area contributed by atoms with Gasteiger partial charge < -0.3 is 25.2 Å². The maximum atomic E-state index is 14.5. The molecule has 0 bridgehead atoms. The molecule has 5 rings (SSSR count). The van der Waals surface area contributed by atoms with Gasteiger partial charge in [-0.2, -0.15) is 0 Å². The molecule has 3 heterocycles. The summed E-state index contributed by atoms with van der Waals surface area (Å²) in [6, 6.07) is 8.47. The van der Waals surface area contributed by atoms with Crippen LogP contribution in [0, 0.1) is 9.39 Å². The number of aliphatic hydroxyl groups is 1. The first-order valence-electron chi connectivity index (χ1n) is 10.8. The van der Waals surface area contributed by atoms with Crippen LogP contribution in [0.15, 0.2) is 36.7 Å². The second-order valence-electron chi connectivity index (χ2n) is 8.76. The topological polar surface area (TPSA) is 82.4 Å². The van der Waals surface area contributed by atoms with Gasteiger partial charge in [0.2, 0.25) is 0 Å². The number of likely N-dealkylation sites (tertiary alicyclic amines) is 1. The van der Waals surface area contributed by atoms with Crippen molar-refractivity contribution in [3.8, 4) is 0 Å². The molecule has 3 N–H and O–H groups in total. The van der Waals surface area contributed by atoms with Crippen molar-refractivity contribution in [1.82, 2.24) is 19.8 Å². The highest BCUT2D eigenvalue weighted by molar-refractivity contribution is 14.1. The van der Waals surface area contributed by atoms with Crippen LogP contribution in [-0.2, 0) is 7.05 Å². The van der Waals surface area contributed by atoms with Gasteiger partial charge in [0.25, 0.3) is 5.91 Å². The lowest BCUT2D eigenvalue weighted by atomic mass is 9.81. The van der Waals surface area contributed by atoms with E-state index in [9.17, 15) is 14.3 Å². The van der Waals surface area contributed by atoms with Gasteiger partial charge in [0.15, 0.2) is 0 Å². The van der Waals surface area contributed by atoms with Crippen molar-refractivity contribution >= 4 is 50.9 Å². The Morgan fingerprint density at radius 2 is 2.09 bits per heavy atom. The zero-order chi connectivity index (χ0) is 22.5. The van der Waals surface area contributed by atoms with Crippen molar-refractivity contribution < 1.29 is 14.3 Å². The minimum atomic E-state index is -0.900. The maximum absolute atomic E-state index is 14.5. The second-order valence-corrected chi connectivity index (χ2v) is 10.0. The van der Waals surface area contributed by atoms with Crippen LogP contribution in [0.1, 0.15) is 29.6 Å². The van der Waals surface area contributed by atoms with Gasteiger partial charge in [-0.3, -0.25) is 4.79 Å². The summed E-state index contributed by atoms with van der Waals surface area (Å²) in [6.45, 7) is 1.46. The number of hydrogen-bond donors (Lipinski definition) is 3. The monoisotopic (exact) mass is 549 g/mol. The molecule has 7 nitrogen and oxygen atoms in total. The smallest absolute Gasteiger partial charge is 0.256 e. The number of piperidine rings is 1. The van der Waals surface area contributed by atoms with Crippen LogP contribution in [0.2, 0.25) is 0 Å². The molecule has 2 saturated heterocycles. The lowest BCUT2D eigenvalue weighted by molar-refractivity contribution is -0.108. The van der Waals surface area contributed by atoms with E-state index in [0.29, 0.717) is 22.5 Å². The average Bonchev–Trinajstić information content (AvgIpc) is 3.12. The van der Waals surface area contributed by atoms with Crippen LogP contribution < -0.4 is 10.6 Å². The summed E-state index contributed by atoms with van der Waals surface area (Å²) in [5.41, 5.74) is 1.84. The third-order valence-electron chi connectivity index (χ3n) is 6.47. The first-order chi connectivity index (χ1) is 15.3. The molecule has 1 atom stereocenters. The Balaban J connectivity index is 1.45. The minimum absolute atomic E-state index is 0.0123. The zero-order valence-electron chi connectivity index (χ0n) is 17.7. The number of β-amino-alcohol motifs (C(OH)–C–C–N with tert-alkyl or cyclic N) is 1. The highest BCUT2D eigenvalue weighted by Gasteiger charge is 2.49. The fourth-order valence-corrected chi connectivity index (χ4v) is 5.10. The number of halogens is 2. The number of benzene rings is 2. The summed E-state index contributed by atoms with van der Waals surface area (Å²) in [5.74, 6) is -0.583. The normalized spacial score (nSPS) is 20.2. The molecule has 1 aromatic heterocycles. The van der Waals surface area contributed by atoms with Crippen LogP contribution >= 0.6 is 22.6 Å². The SMILES string of the molecule is Cn1cnc2cc(Nc3ccc(I)cc3F)c(C(=O)N3CC(O)(C4CCCCN4)C3)cc21. The number of anilines is 2. The maximum Gasteiger partial charge on any atom is 0.256 e. The first-order valence-corrected chi connectivity index (χ1v) is 11.8. The number of amides is 1. The van der Waals surface area contributed by atoms with E-state index in [-0.39, 0.29) is 25.0 Å². The van der Waals surface area contributed by atoms with E-state index >= 15 is 0 Å². The van der Waals surface area contributed by atoms with Gasteiger partial charge in [0.05, 0.1) is 47.4 Å². The predicted molar refractivity (Wildman–Crippen MR) is 130 cm³/mol. The molecule has 1 amide bonds. The van der Waals surface area contributed by atoms with E-state index in [1.165, 1.54) is 6.07 Å². The van der Waals surface area contributed by atoms with E-state index in [4.69, 9.17) is 0 Å². The molecule has 0 saturated carbocycles. The van der Waals surface area contributed by atoms with E-state index < -0.39 is 11.4 Å². The molecular weight excluding hydrogens is 524 g/mol. The van der Waals surface area contributed by atoms with Gasteiger partial charge in [-0.1, -0.05) is 6.42 Å². The number of aryl methyl sites for hydroxylation is 1. The average molecular weight is 549 g/mol. The molecule has 1 unspecified atom stereocenters. The molecule has 32 heavy (non-hydrogen) atoms. The number of hydrogen-bond acceptors (Lipinski definition) is 5. The molecule has 168 valence electrons. The van der Waals surface area contributed by atoms with Crippen molar-refractivity contribution in [3.63, 3.8) is 0 Å². The molecule has 9 heteroatoms. The van der Waals surface area contributed by atoms with E-state index in [1.54, 1.807) is 35.5 Å². The molecule has 2 aliphatic heterocycles. The molecule has 0 spiro atoms. The van der Waals surface area contributed by atoms with Gasteiger partial charge in [0, 0.05) is 16.7 Å². The number of carbonyl (C=O) groups excluding carboxylic acids is 1. The van der Waals surface area contributed by atoms with Crippen LogP contribution in [0.4, 0.5) is 15.8 Å². The zero-order valence-corrected chi connectivity index (χ0v) is 19.9.